The number of halogens is 4. The number of benzene rings is 1. The van der Waals surface area contributed by atoms with Crippen molar-refractivity contribution in [2.45, 2.75) is 19.3 Å². The summed E-state index contributed by atoms with van der Waals surface area (Å²) in [5, 5.41) is 3.68. The summed E-state index contributed by atoms with van der Waals surface area (Å²) in [4.78, 5) is 3.95. The minimum absolute atomic E-state index is 0. The van der Waals surface area contributed by atoms with Gasteiger partial charge in [0.2, 0.25) is 5.82 Å². The van der Waals surface area contributed by atoms with Crippen LogP contribution in [0.5, 0.6) is 0 Å². The van der Waals surface area contributed by atoms with Gasteiger partial charge in [0.25, 0.3) is 5.89 Å². The van der Waals surface area contributed by atoms with Crippen LogP contribution in [0.15, 0.2) is 28.8 Å². The molecule has 0 aliphatic heterocycles. The van der Waals surface area contributed by atoms with E-state index in [1.807, 2.05) is 12.1 Å². The summed E-state index contributed by atoms with van der Waals surface area (Å²) in [5.74, 6) is 0.284. The van der Waals surface area contributed by atoms with E-state index >= 15 is 0 Å². The molecule has 21 heavy (non-hydrogen) atoms. The number of ether oxygens (including phenoxy) is 1. The Bertz CT molecular complexity index is 558. The molecule has 1 aromatic carbocycles. The summed E-state index contributed by atoms with van der Waals surface area (Å²) in [7, 11) is 0. The van der Waals surface area contributed by atoms with Crippen LogP contribution in [0, 0.1) is 0 Å². The Morgan fingerprint density at radius 1 is 1.19 bits per heavy atom. The molecule has 2 N–H and O–H groups in total. The maximum Gasteiger partial charge on any atom is 0.411 e. The Morgan fingerprint density at radius 3 is 2.43 bits per heavy atom. The fourth-order valence-corrected chi connectivity index (χ4v) is 1.47. The van der Waals surface area contributed by atoms with Crippen LogP contribution in [0.4, 0.5) is 13.2 Å². The Kier molecular flexibility index (Phi) is 6.13. The first kappa shape index (κ1) is 17.4. The molecule has 0 bridgehead atoms. The fraction of sp³-hybridized carbons (Fsp3) is 0.333. The Labute approximate surface area is 124 Å². The third-order valence-corrected chi connectivity index (χ3v) is 2.41. The predicted octanol–water partition coefficient (Wildman–Crippen LogP) is 2.70. The van der Waals surface area contributed by atoms with Crippen LogP contribution in [0.2, 0.25) is 0 Å². The van der Waals surface area contributed by atoms with Gasteiger partial charge in [-0.2, -0.15) is 18.2 Å². The van der Waals surface area contributed by atoms with Crippen LogP contribution >= 0.6 is 12.4 Å². The van der Waals surface area contributed by atoms with Crippen molar-refractivity contribution in [2.75, 3.05) is 6.61 Å². The van der Waals surface area contributed by atoms with Crippen molar-refractivity contribution in [2.24, 2.45) is 5.73 Å². The molecule has 0 radical (unpaired) electrons. The molecule has 0 saturated heterocycles. The largest absolute Gasteiger partial charge is 0.411 e. The van der Waals surface area contributed by atoms with Gasteiger partial charge in [-0.25, -0.2) is 0 Å². The molecule has 0 aliphatic carbocycles. The van der Waals surface area contributed by atoms with Crippen LogP contribution in [0.25, 0.3) is 11.4 Å². The van der Waals surface area contributed by atoms with Crippen LogP contribution in [0.3, 0.4) is 0 Å². The van der Waals surface area contributed by atoms with Gasteiger partial charge in [-0.15, -0.1) is 12.4 Å². The van der Waals surface area contributed by atoms with Gasteiger partial charge in [0.1, 0.15) is 13.2 Å². The molecule has 0 fully saturated rings. The van der Waals surface area contributed by atoms with Crippen LogP contribution < -0.4 is 5.73 Å². The summed E-state index contributed by atoms with van der Waals surface area (Å²) in [6, 6.07) is 7.14. The van der Waals surface area contributed by atoms with Gasteiger partial charge in [0.05, 0.1) is 0 Å². The van der Waals surface area contributed by atoms with E-state index in [0.717, 1.165) is 5.56 Å². The van der Waals surface area contributed by atoms with Gasteiger partial charge >= 0.3 is 6.18 Å². The zero-order valence-electron chi connectivity index (χ0n) is 10.8. The van der Waals surface area contributed by atoms with E-state index in [4.69, 9.17) is 10.3 Å². The molecule has 2 rings (SSSR count). The number of alkyl halides is 3. The molecule has 0 aliphatic rings. The molecule has 1 heterocycles. The Balaban J connectivity index is 0.00000220. The average molecular weight is 324 g/mol. The van der Waals surface area contributed by atoms with E-state index in [2.05, 4.69) is 14.9 Å². The maximum absolute atomic E-state index is 11.9. The highest BCUT2D eigenvalue weighted by Crippen LogP contribution is 2.18. The molecule has 5 nitrogen and oxygen atoms in total. The molecule has 0 spiro atoms. The van der Waals surface area contributed by atoms with Crippen molar-refractivity contribution in [3.63, 3.8) is 0 Å². The topological polar surface area (TPSA) is 74.2 Å². The number of nitrogens with zero attached hydrogens (tertiary/aromatic N) is 2. The second-order valence-electron chi connectivity index (χ2n) is 4.02. The number of hydrogen-bond donors (Lipinski definition) is 1. The summed E-state index contributed by atoms with van der Waals surface area (Å²) >= 11 is 0. The van der Waals surface area contributed by atoms with E-state index < -0.39 is 12.8 Å². The second-order valence-corrected chi connectivity index (χ2v) is 4.02. The number of nitrogens with two attached hydrogens (primary N) is 1. The molecule has 9 heteroatoms. The van der Waals surface area contributed by atoms with Gasteiger partial charge in [-0.05, 0) is 5.56 Å². The molecule has 0 amide bonds. The minimum Gasteiger partial charge on any atom is -0.362 e. The standard InChI is InChI=1S/C12H12F3N3O2.ClH/c13-12(14,15)7-19-6-10-17-11(18-20-10)9-3-1-8(5-16)2-4-9;/h1-4H,5-7,16H2;1H. The molecule has 1 aromatic heterocycles. The first-order valence-corrected chi connectivity index (χ1v) is 5.74. The molecule has 2 aromatic rings. The SMILES string of the molecule is Cl.NCc1ccc(-c2noc(COCC(F)(F)F)n2)cc1. The monoisotopic (exact) mass is 323 g/mol. The van der Waals surface area contributed by atoms with E-state index in [9.17, 15) is 13.2 Å². The van der Waals surface area contributed by atoms with Gasteiger partial charge in [-0.1, -0.05) is 29.4 Å². The minimum atomic E-state index is -4.37. The van der Waals surface area contributed by atoms with E-state index in [1.165, 1.54) is 0 Å². The number of rotatable bonds is 5. The van der Waals surface area contributed by atoms with Crippen molar-refractivity contribution in [3.8, 4) is 11.4 Å². The summed E-state index contributed by atoms with van der Waals surface area (Å²) in [6.07, 6.45) is -4.37. The van der Waals surface area contributed by atoms with Crippen LogP contribution in [-0.4, -0.2) is 22.9 Å². The average Bonchev–Trinajstić information content (AvgIpc) is 2.86. The predicted molar refractivity (Wildman–Crippen MR) is 70.6 cm³/mol. The van der Waals surface area contributed by atoms with Gasteiger partial charge in [0, 0.05) is 12.1 Å². The van der Waals surface area contributed by atoms with E-state index in [1.54, 1.807) is 12.1 Å². The van der Waals surface area contributed by atoms with Gasteiger partial charge < -0.3 is 15.0 Å². The van der Waals surface area contributed by atoms with Gasteiger partial charge in [0.15, 0.2) is 0 Å². The quantitative estimate of drug-likeness (QED) is 0.915. The summed E-state index contributed by atoms with van der Waals surface area (Å²) in [6.45, 7) is -1.31. The van der Waals surface area contributed by atoms with Crippen molar-refractivity contribution < 1.29 is 22.4 Å². The molecule has 0 atom stereocenters. The van der Waals surface area contributed by atoms with Gasteiger partial charge in [-0.3, -0.25) is 0 Å². The van der Waals surface area contributed by atoms with E-state index in [0.29, 0.717) is 17.9 Å². The van der Waals surface area contributed by atoms with Crippen molar-refractivity contribution in [1.29, 1.82) is 0 Å². The van der Waals surface area contributed by atoms with Crippen molar-refractivity contribution in [3.05, 3.63) is 35.7 Å². The highest BCUT2D eigenvalue weighted by molar-refractivity contribution is 5.85. The lowest BCUT2D eigenvalue weighted by Crippen LogP contribution is -2.16. The summed E-state index contributed by atoms with van der Waals surface area (Å²) in [5.41, 5.74) is 7.11. The highest BCUT2D eigenvalue weighted by atomic mass is 35.5. The van der Waals surface area contributed by atoms with Crippen molar-refractivity contribution in [1.82, 2.24) is 10.1 Å². The lowest BCUT2D eigenvalue weighted by Gasteiger charge is -2.04. The Hall–Kier alpha value is -1.64. The summed E-state index contributed by atoms with van der Waals surface area (Å²) < 4.78 is 44.9. The van der Waals surface area contributed by atoms with Crippen molar-refractivity contribution >= 4 is 12.4 Å². The maximum atomic E-state index is 11.9. The number of aromatic nitrogens is 2. The lowest BCUT2D eigenvalue weighted by atomic mass is 10.1. The second kappa shape index (κ2) is 7.39. The normalized spacial score (nSPS) is 11.2. The first-order valence-electron chi connectivity index (χ1n) is 5.74. The highest BCUT2D eigenvalue weighted by Gasteiger charge is 2.27. The smallest absolute Gasteiger partial charge is 0.362 e. The van der Waals surface area contributed by atoms with E-state index in [-0.39, 0.29) is 24.9 Å². The molecule has 116 valence electrons. The molecular formula is C12H13ClF3N3O2. The molecule has 0 unspecified atom stereocenters. The van der Waals surface area contributed by atoms with Crippen LogP contribution in [0.1, 0.15) is 11.5 Å². The molecular weight excluding hydrogens is 311 g/mol. The third-order valence-electron chi connectivity index (χ3n) is 2.41. The zero-order valence-corrected chi connectivity index (χ0v) is 11.6. The lowest BCUT2D eigenvalue weighted by molar-refractivity contribution is -0.178. The third kappa shape index (κ3) is 5.33. The zero-order chi connectivity index (χ0) is 14.6. The Morgan fingerprint density at radius 2 is 1.86 bits per heavy atom. The first-order chi connectivity index (χ1) is 9.48. The number of hydrogen-bond acceptors (Lipinski definition) is 5. The fourth-order valence-electron chi connectivity index (χ4n) is 1.47. The van der Waals surface area contributed by atoms with Crippen LogP contribution in [-0.2, 0) is 17.9 Å². The molecule has 0 saturated carbocycles.